The quantitative estimate of drug-likeness (QED) is 0.354. The standard InChI is InChI=1S/C34H33FN4O6/c1-43-30-8-6-21-7-9-32(40)37-17-22-12-25(35)16-26(13-22)45-29-10-11-39(19-28(29)38-33(41)20-44-31(30)14-21)34(42)24-15-23-4-2-3-5-27(23)36-18-24/h2-6,8,12-16,18,28-29H,7,9-11,17,19-20H2,1H3,(H,37,40)(H,38,41)/t28-,29-/m1/s1. The van der Waals surface area contributed by atoms with Gasteiger partial charge in [0.15, 0.2) is 18.1 Å². The van der Waals surface area contributed by atoms with Gasteiger partial charge in [0.05, 0.1) is 24.2 Å². The molecule has 4 aromatic rings. The van der Waals surface area contributed by atoms with Gasteiger partial charge in [0, 0.05) is 50.1 Å². The molecule has 232 valence electrons. The molecule has 1 fully saturated rings. The Balaban J connectivity index is 1.27. The van der Waals surface area contributed by atoms with E-state index in [1.807, 2.05) is 30.3 Å². The second-order valence-corrected chi connectivity index (χ2v) is 11.1. The molecule has 3 aromatic carbocycles. The monoisotopic (exact) mass is 612 g/mol. The fraction of sp³-hybridized carbons (Fsp3) is 0.294. The molecule has 11 heteroatoms. The number of likely N-dealkylation sites (tertiary alicyclic amines) is 1. The number of nitrogens with one attached hydrogen (secondary N) is 2. The van der Waals surface area contributed by atoms with E-state index >= 15 is 0 Å². The number of aromatic nitrogens is 1. The van der Waals surface area contributed by atoms with Gasteiger partial charge >= 0.3 is 0 Å². The highest BCUT2D eigenvalue weighted by molar-refractivity contribution is 5.97. The molecule has 0 saturated carbocycles. The number of rotatable bonds is 2. The van der Waals surface area contributed by atoms with Crippen LogP contribution >= 0.6 is 0 Å². The summed E-state index contributed by atoms with van der Waals surface area (Å²) in [7, 11) is 1.51. The number of fused-ring (bicyclic) bond motifs is 6. The molecule has 3 heterocycles. The van der Waals surface area contributed by atoms with Crippen LogP contribution in [0, 0.1) is 5.82 Å². The van der Waals surface area contributed by atoms with Gasteiger partial charge in [-0.3, -0.25) is 19.4 Å². The minimum absolute atomic E-state index is 0.122. The second-order valence-electron chi connectivity index (χ2n) is 11.1. The van der Waals surface area contributed by atoms with Crippen LogP contribution < -0.4 is 24.8 Å². The van der Waals surface area contributed by atoms with Gasteiger partial charge in [-0.25, -0.2) is 4.39 Å². The summed E-state index contributed by atoms with van der Waals surface area (Å²) in [4.78, 5) is 45.5. The Morgan fingerprint density at radius 3 is 2.76 bits per heavy atom. The van der Waals surface area contributed by atoms with Gasteiger partial charge < -0.3 is 29.7 Å². The number of piperidine rings is 1. The first-order chi connectivity index (χ1) is 21.8. The molecule has 2 atom stereocenters. The molecule has 2 aliphatic rings. The number of pyridine rings is 1. The number of ether oxygens (including phenoxy) is 3. The fourth-order valence-electron chi connectivity index (χ4n) is 5.66. The van der Waals surface area contributed by atoms with Crippen molar-refractivity contribution < 1.29 is 33.0 Å². The summed E-state index contributed by atoms with van der Waals surface area (Å²) >= 11 is 0. The summed E-state index contributed by atoms with van der Waals surface area (Å²) in [5.41, 5.74) is 2.59. The first kappa shape index (κ1) is 29.9. The van der Waals surface area contributed by atoms with Crippen LogP contribution in [-0.2, 0) is 22.6 Å². The minimum atomic E-state index is -0.634. The van der Waals surface area contributed by atoms with Gasteiger partial charge in [0.25, 0.3) is 11.8 Å². The van der Waals surface area contributed by atoms with Crippen LogP contribution in [0.2, 0.25) is 0 Å². The zero-order chi connectivity index (χ0) is 31.3. The van der Waals surface area contributed by atoms with E-state index < -0.39 is 23.9 Å². The molecule has 2 N–H and O–H groups in total. The van der Waals surface area contributed by atoms with E-state index in [2.05, 4.69) is 15.6 Å². The number of hydrogen-bond donors (Lipinski definition) is 2. The fourth-order valence-corrected chi connectivity index (χ4v) is 5.66. The van der Waals surface area contributed by atoms with Gasteiger partial charge in [-0.05, 0) is 53.9 Å². The van der Waals surface area contributed by atoms with Crippen LogP contribution in [0.3, 0.4) is 0 Å². The molecule has 4 bridgehead atoms. The zero-order valence-electron chi connectivity index (χ0n) is 24.8. The average molecular weight is 613 g/mol. The number of amides is 3. The lowest BCUT2D eigenvalue weighted by atomic mass is 10.0. The van der Waals surface area contributed by atoms with Crippen molar-refractivity contribution in [1.29, 1.82) is 0 Å². The number of nitrogens with zero attached hydrogens (tertiary/aromatic N) is 2. The number of carbonyl (C=O) groups excluding carboxylic acids is 3. The van der Waals surface area contributed by atoms with Crippen molar-refractivity contribution >= 4 is 28.6 Å². The van der Waals surface area contributed by atoms with Crippen molar-refractivity contribution in [2.24, 2.45) is 0 Å². The van der Waals surface area contributed by atoms with Crippen LogP contribution in [0.15, 0.2) is 72.9 Å². The number of methoxy groups -OCH3 is 1. The van der Waals surface area contributed by atoms with E-state index in [0.29, 0.717) is 42.0 Å². The maximum absolute atomic E-state index is 14.6. The Morgan fingerprint density at radius 2 is 1.89 bits per heavy atom. The first-order valence-electron chi connectivity index (χ1n) is 14.8. The summed E-state index contributed by atoms with van der Waals surface area (Å²) in [6.07, 6.45) is 1.98. The van der Waals surface area contributed by atoms with Crippen molar-refractivity contribution in [3.05, 3.63) is 95.4 Å². The predicted molar refractivity (Wildman–Crippen MR) is 164 cm³/mol. The lowest BCUT2D eigenvalue weighted by Gasteiger charge is -2.39. The number of aryl methyl sites for hydroxylation is 1. The summed E-state index contributed by atoms with van der Waals surface area (Å²) in [5.74, 6) is -0.273. The molecular formula is C34H33FN4O6. The molecule has 0 spiro atoms. The predicted octanol–water partition coefficient (Wildman–Crippen LogP) is 3.80. The van der Waals surface area contributed by atoms with Crippen molar-refractivity contribution in [1.82, 2.24) is 20.5 Å². The number of hydrogen-bond acceptors (Lipinski definition) is 7. The Hall–Kier alpha value is -5.19. The van der Waals surface area contributed by atoms with Crippen LogP contribution in [0.25, 0.3) is 10.9 Å². The van der Waals surface area contributed by atoms with E-state index in [-0.39, 0.29) is 43.7 Å². The lowest BCUT2D eigenvalue weighted by Crippen LogP contribution is -2.58. The Bertz CT molecular complexity index is 1750. The van der Waals surface area contributed by atoms with E-state index in [0.717, 1.165) is 16.5 Å². The average Bonchev–Trinajstić information content (AvgIpc) is 3.05. The number of benzene rings is 3. The van der Waals surface area contributed by atoms with Crippen molar-refractivity contribution in [3.8, 4) is 17.2 Å². The molecule has 0 unspecified atom stereocenters. The van der Waals surface area contributed by atoms with Crippen LogP contribution in [-0.4, -0.2) is 66.6 Å². The Morgan fingerprint density at radius 1 is 1.02 bits per heavy atom. The minimum Gasteiger partial charge on any atom is -0.493 e. The summed E-state index contributed by atoms with van der Waals surface area (Å²) in [6, 6.07) is 18.3. The van der Waals surface area contributed by atoms with Gasteiger partial charge in [-0.2, -0.15) is 0 Å². The van der Waals surface area contributed by atoms with Crippen molar-refractivity contribution in [2.75, 3.05) is 26.8 Å². The Labute approximate surface area is 259 Å². The third kappa shape index (κ3) is 7.14. The van der Waals surface area contributed by atoms with Crippen LogP contribution in [0.1, 0.15) is 34.3 Å². The van der Waals surface area contributed by atoms with Crippen molar-refractivity contribution in [2.45, 2.75) is 38.0 Å². The Kier molecular flexibility index (Phi) is 8.77. The summed E-state index contributed by atoms with van der Waals surface area (Å²) in [6.45, 7) is 0.299. The molecule has 3 amide bonds. The SMILES string of the molecule is COc1ccc2cc1OCC(=O)N[C@@H]1CN(C(=O)c3cnc4ccccc4c3)CC[C@H]1Oc1cc(F)cc(c1)CNC(=O)CC2. The number of para-hydroxylation sites is 1. The van der Waals surface area contributed by atoms with Crippen LogP contribution in [0.5, 0.6) is 17.2 Å². The molecule has 45 heavy (non-hydrogen) atoms. The highest BCUT2D eigenvalue weighted by Crippen LogP contribution is 2.29. The van der Waals surface area contributed by atoms with Crippen LogP contribution in [0.4, 0.5) is 4.39 Å². The van der Waals surface area contributed by atoms with Gasteiger partial charge in [0.2, 0.25) is 5.91 Å². The molecule has 1 saturated heterocycles. The van der Waals surface area contributed by atoms with Gasteiger partial charge in [-0.1, -0.05) is 24.3 Å². The normalized spacial score (nSPS) is 19.1. The molecule has 6 rings (SSSR count). The lowest BCUT2D eigenvalue weighted by molar-refractivity contribution is -0.125. The van der Waals surface area contributed by atoms with Gasteiger partial charge in [0.1, 0.15) is 17.7 Å². The van der Waals surface area contributed by atoms with E-state index in [9.17, 15) is 18.8 Å². The molecule has 0 aliphatic carbocycles. The highest BCUT2D eigenvalue weighted by Gasteiger charge is 2.35. The third-order valence-electron chi connectivity index (χ3n) is 7.96. The summed E-state index contributed by atoms with van der Waals surface area (Å²) in [5, 5.41) is 6.66. The molecule has 1 aromatic heterocycles. The zero-order valence-corrected chi connectivity index (χ0v) is 24.8. The van der Waals surface area contributed by atoms with Crippen molar-refractivity contribution in [3.63, 3.8) is 0 Å². The molecular weight excluding hydrogens is 579 g/mol. The van der Waals surface area contributed by atoms with E-state index in [1.54, 1.807) is 35.4 Å². The number of carbonyl (C=O) groups is 3. The van der Waals surface area contributed by atoms with E-state index in [1.165, 1.54) is 19.2 Å². The smallest absolute Gasteiger partial charge is 0.258 e. The summed E-state index contributed by atoms with van der Waals surface area (Å²) < 4.78 is 32.1. The second kappa shape index (κ2) is 13.2. The molecule has 0 radical (unpaired) electrons. The topological polar surface area (TPSA) is 119 Å². The number of halogens is 1. The van der Waals surface area contributed by atoms with E-state index in [4.69, 9.17) is 14.2 Å². The maximum Gasteiger partial charge on any atom is 0.258 e. The molecule has 10 nitrogen and oxygen atoms in total. The highest BCUT2D eigenvalue weighted by atomic mass is 19.1. The third-order valence-corrected chi connectivity index (χ3v) is 7.96. The van der Waals surface area contributed by atoms with Gasteiger partial charge in [-0.15, -0.1) is 0 Å². The first-order valence-corrected chi connectivity index (χ1v) is 14.8. The maximum atomic E-state index is 14.6. The largest absolute Gasteiger partial charge is 0.493 e. The molecule has 2 aliphatic heterocycles.